The van der Waals surface area contributed by atoms with Crippen LogP contribution in [0.15, 0.2) is 36.4 Å². The van der Waals surface area contributed by atoms with Gasteiger partial charge in [-0.1, -0.05) is 17.7 Å². The smallest absolute Gasteiger partial charge is 0.387 e. The molecule has 0 atom stereocenters. The van der Waals surface area contributed by atoms with E-state index in [-0.39, 0.29) is 16.7 Å². The number of rotatable bonds is 4. The third kappa shape index (κ3) is 3.95. The number of amides is 1. The van der Waals surface area contributed by atoms with E-state index < -0.39 is 6.61 Å². The molecule has 1 amide bonds. The van der Waals surface area contributed by atoms with Crippen molar-refractivity contribution >= 4 is 23.2 Å². The fraction of sp³-hybridized carbons (Fsp3) is 0.188. The number of alkyl halides is 2. The number of nitrogens with one attached hydrogen (secondary N) is 1. The molecule has 0 bridgehead atoms. The van der Waals surface area contributed by atoms with Crippen LogP contribution < -0.4 is 10.1 Å². The highest BCUT2D eigenvalue weighted by atomic mass is 35.5. The van der Waals surface area contributed by atoms with Crippen molar-refractivity contribution < 1.29 is 18.3 Å². The number of benzene rings is 2. The summed E-state index contributed by atoms with van der Waals surface area (Å²) in [6.45, 7) is 0.923. The Balaban J connectivity index is 2.14. The maximum atomic E-state index is 12.2. The topological polar surface area (TPSA) is 38.3 Å². The van der Waals surface area contributed by atoms with Crippen molar-refractivity contribution in [1.29, 1.82) is 0 Å². The molecule has 0 aliphatic heterocycles. The number of hydrogen-bond acceptors (Lipinski definition) is 2. The Bertz CT molecular complexity index is 705. The maximum Gasteiger partial charge on any atom is 0.387 e. The van der Waals surface area contributed by atoms with Gasteiger partial charge in [-0.25, -0.2) is 0 Å². The van der Waals surface area contributed by atoms with Crippen LogP contribution in [0.3, 0.4) is 0 Å². The van der Waals surface area contributed by atoms with E-state index in [0.29, 0.717) is 11.3 Å². The van der Waals surface area contributed by atoms with Crippen LogP contribution in [0.25, 0.3) is 0 Å². The molecule has 3 nitrogen and oxygen atoms in total. The van der Waals surface area contributed by atoms with Crippen molar-refractivity contribution in [1.82, 2.24) is 0 Å². The zero-order chi connectivity index (χ0) is 16.3. The van der Waals surface area contributed by atoms with E-state index in [1.807, 2.05) is 19.9 Å². The van der Waals surface area contributed by atoms with E-state index >= 15 is 0 Å². The van der Waals surface area contributed by atoms with Gasteiger partial charge in [0.05, 0.1) is 5.02 Å². The van der Waals surface area contributed by atoms with Gasteiger partial charge in [0.2, 0.25) is 0 Å². The van der Waals surface area contributed by atoms with E-state index in [1.165, 1.54) is 18.2 Å². The summed E-state index contributed by atoms with van der Waals surface area (Å²) < 4.78 is 28.5. The van der Waals surface area contributed by atoms with Gasteiger partial charge in [0.1, 0.15) is 5.75 Å². The van der Waals surface area contributed by atoms with Gasteiger partial charge in [-0.2, -0.15) is 8.78 Å². The SMILES string of the molecule is Cc1ccc(C(=O)Nc2ccc(OC(F)F)c(Cl)c2)cc1C. The number of carbonyl (C=O) groups is 1. The summed E-state index contributed by atoms with van der Waals surface area (Å²) in [7, 11) is 0. The minimum Gasteiger partial charge on any atom is -0.433 e. The van der Waals surface area contributed by atoms with Gasteiger partial charge in [-0.15, -0.1) is 0 Å². The molecule has 0 saturated heterocycles. The average molecular weight is 326 g/mol. The van der Waals surface area contributed by atoms with Gasteiger partial charge in [0.25, 0.3) is 5.91 Å². The Morgan fingerprint density at radius 2 is 1.86 bits per heavy atom. The molecule has 22 heavy (non-hydrogen) atoms. The summed E-state index contributed by atoms with van der Waals surface area (Å²) >= 11 is 5.84. The third-order valence-electron chi connectivity index (χ3n) is 3.17. The normalized spacial score (nSPS) is 10.6. The second-order valence-corrected chi connectivity index (χ2v) is 5.18. The molecule has 0 fully saturated rings. The van der Waals surface area contributed by atoms with Gasteiger partial charge in [0, 0.05) is 11.3 Å². The highest BCUT2D eigenvalue weighted by molar-refractivity contribution is 6.32. The van der Waals surface area contributed by atoms with Gasteiger partial charge in [0.15, 0.2) is 0 Å². The van der Waals surface area contributed by atoms with Crippen LogP contribution in [0.4, 0.5) is 14.5 Å². The third-order valence-corrected chi connectivity index (χ3v) is 3.47. The molecule has 0 aliphatic carbocycles. The quantitative estimate of drug-likeness (QED) is 0.876. The van der Waals surface area contributed by atoms with E-state index in [4.69, 9.17) is 11.6 Å². The monoisotopic (exact) mass is 325 g/mol. The molecule has 0 radical (unpaired) electrons. The van der Waals surface area contributed by atoms with Gasteiger partial charge < -0.3 is 10.1 Å². The zero-order valence-electron chi connectivity index (χ0n) is 12.0. The van der Waals surface area contributed by atoms with Gasteiger partial charge in [-0.3, -0.25) is 4.79 Å². The molecule has 2 aromatic rings. The van der Waals surface area contributed by atoms with Crippen molar-refractivity contribution in [2.24, 2.45) is 0 Å². The highest BCUT2D eigenvalue weighted by Crippen LogP contribution is 2.29. The fourth-order valence-electron chi connectivity index (χ4n) is 1.86. The fourth-order valence-corrected chi connectivity index (χ4v) is 2.08. The molecule has 0 heterocycles. The average Bonchev–Trinajstić information content (AvgIpc) is 2.44. The van der Waals surface area contributed by atoms with Gasteiger partial charge >= 0.3 is 6.61 Å². The lowest BCUT2D eigenvalue weighted by Gasteiger charge is -2.10. The molecule has 0 unspecified atom stereocenters. The molecule has 1 N–H and O–H groups in total. The highest BCUT2D eigenvalue weighted by Gasteiger charge is 2.11. The summed E-state index contributed by atoms with van der Waals surface area (Å²) in [6.07, 6.45) is 0. The van der Waals surface area contributed by atoms with Crippen molar-refractivity contribution in [2.75, 3.05) is 5.32 Å². The lowest BCUT2D eigenvalue weighted by molar-refractivity contribution is -0.0497. The summed E-state index contributed by atoms with van der Waals surface area (Å²) in [5.41, 5.74) is 3.00. The van der Waals surface area contributed by atoms with Crippen molar-refractivity contribution in [2.45, 2.75) is 20.5 Å². The number of hydrogen-bond donors (Lipinski definition) is 1. The minimum absolute atomic E-state index is 0.00168. The first-order valence-electron chi connectivity index (χ1n) is 6.50. The predicted molar refractivity (Wildman–Crippen MR) is 82.0 cm³/mol. The maximum absolute atomic E-state index is 12.2. The number of ether oxygens (including phenoxy) is 1. The number of carbonyl (C=O) groups excluding carboxylic acids is 1. The van der Waals surface area contributed by atoms with E-state index in [0.717, 1.165) is 11.1 Å². The van der Waals surface area contributed by atoms with Crippen molar-refractivity contribution in [3.63, 3.8) is 0 Å². The Morgan fingerprint density at radius 3 is 2.45 bits per heavy atom. The second kappa shape index (κ2) is 6.75. The van der Waals surface area contributed by atoms with Crippen molar-refractivity contribution in [3.8, 4) is 5.75 Å². The van der Waals surface area contributed by atoms with E-state index in [1.54, 1.807) is 12.1 Å². The first-order chi connectivity index (χ1) is 10.4. The molecular weight excluding hydrogens is 312 g/mol. The van der Waals surface area contributed by atoms with Gasteiger partial charge in [-0.05, 0) is 55.3 Å². The Hall–Kier alpha value is -2.14. The number of halogens is 3. The molecule has 2 rings (SSSR count). The van der Waals surface area contributed by atoms with Crippen molar-refractivity contribution in [3.05, 3.63) is 58.1 Å². The Morgan fingerprint density at radius 1 is 1.14 bits per heavy atom. The van der Waals surface area contributed by atoms with Crippen LogP contribution in [-0.4, -0.2) is 12.5 Å². The number of anilines is 1. The lowest BCUT2D eigenvalue weighted by atomic mass is 10.1. The van der Waals surface area contributed by atoms with Crippen LogP contribution >= 0.6 is 11.6 Å². The Kier molecular flexibility index (Phi) is 4.98. The van der Waals surface area contributed by atoms with Crippen LogP contribution in [0, 0.1) is 13.8 Å². The molecule has 116 valence electrons. The van der Waals surface area contributed by atoms with Crippen LogP contribution in [0.1, 0.15) is 21.5 Å². The molecular formula is C16H14ClF2NO2. The standard InChI is InChI=1S/C16H14ClF2NO2/c1-9-3-4-11(7-10(9)2)15(21)20-12-5-6-14(13(17)8-12)22-16(18)19/h3-8,16H,1-2H3,(H,20,21). The molecule has 0 spiro atoms. The summed E-state index contributed by atoms with van der Waals surface area (Å²) in [6, 6.07) is 9.44. The van der Waals surface area contributed by atoms with Crippen LogP contribution in [-0.2, 0) is 0 Å². The Labute approximate surface area is 131 Å². The van der Waals surface area contributed by atoms with E-state index in [9.17, 15) is 13.6 Å². The minimum atomic E-state index is -2.95. The lowest BCUT2D eigenvalue weighted by Crippen LogP contribution is -2.12. The largest absolute Gasteiger partial charge is 0.433 e. The molecule has 2 aromatic carbocycles. The summed E-state index contributed by atoms with van der Waals surface area (Å²) in [5.74, 6) is -0.442. The number of aryl methyl sites for hydroxylation is 2. The van der Waals surface area contributed by atoms with Crippen LogP contribution in [0.5, 0.6) is 5.75 Å². The first kappa shape index (κ1) is 16.2. The summed E-state index contributed by atoms with van der Waals surface area (Å²) in [4.78, 5) is 12.1. The summed E-state index contributed by atoms with van der Waals surface area (Å²) in [5, 5.41) is 2.66. The molecule has 6 heteroatoms. The molecule has 0 saturated carbocycles. The van der Waals surface area contributed by atoms with Crippen LogP contribution in [0.2, 0.25) is 5.02 Å². The predicted octanol–water partition coefficient (Wildman–Crippen LogP) is 4.81. The molecule has 0 aliphatic rings. The van der Waals surface area contributed by atoms with E-state index in [2.05, 4.69) is 10.1 Å². The zero-order valence-corrected chi connectivity index (χ0v) is 12.7. The molecule has 0 aromatic heterocycles. The second-order valence-electron chi connectivity index (χ2n) is 4.78. The first-order valence-corrected chi connectivity index (χ1v) is 6.87.